The van der Waals surface area contributed by atoms with Crippen molar-refractivity contribution < 1.29 is 14.3 Å². The zero-order valence-corrected chi connectivity index (χ0v) is 15.7. The number of nitrogens with zero attached hydrogens (tertiary/aromatic N) is 1. The standard InChI is InChI=1S/C20H27N3O3/c1-18(2,3)17(25)23-10-8-19(9-11-23)12-20(13-26-19)21-15-7-5-4-6-14(15)16(24)22-20/h4-7,21H,8-13H2,1-3H3,(H,22,24)/t20-/m0/s1. The molecule has 3 aliphatic rings. The van der Waals surface area contributed by atoms with Gasteiger partial charge in [-0.25, -0.2) is 0 Å². The lowest BCUT2D eigenvalue weighted by Gasteiger charge is -2.42. The van der Waals surface area contributed by atoms with Crippen molar-refractivity contribution in [3.8, 4) is 0 Å². The molecule has 2 saturated heterocycles. The molecule has 1 aromatic rings. The Morgan fingerprint density at radius 2 is 1.85 bits per heavy atom. The monoisotopic (exact) mass is 357 g/mol. The molecule has 6 nitrogen and oxygen atoms in total. The van der Waals surface area contributed by atoms with Crippen LogP contribution in [0.15, 0.2) is 24.3 Å². The number of anilines is 1. The zero-order valence-electron chi connectivity index (χ0n) is 15.7. The van der Waals surface area contributed by atoms with Crippen molar-refractivity contribution in [1.29, 1.82) is 0 Å². The minimum Gasteiger partial charge on any atom is -0.370 e. The Kier molecular flexibility index (Phi) is 3.81. The number of carbonyl (C=O) groups is 2. The number of hydrogen-bond acceptors (Lipinski definition) is 4. The van der Waals surface area contributed by atoms with Crippen LogP contribution in [0.3, 0.4) is 0 Å². The molecule has 2 amide bonds. The smallest absolute Gasteiger partial charge is 0.255 e. The second kappa shape index (κ2) is 5.71. The molecule has 0 aliphatic carbocycles. The second-order valence-electron chi connectivity index (χ2n) is 8.90. The number of benzene rings is 1. The molecule has 140 valence electrons. The van der Waals surface area contributed by atoms with E-state index in [-0.39, 0.29) is 22.8 Å². The van der Waals surface area contributed by atoms with Crippen LogP contribution in [-0.2, 0) is 9.53 Å². The Morgan fingerprint density at radius 3 is 2.54 bits per heavy atom. The van der Waals surface area contributed by atoms with E-state index in [0.29, 0.717) is 25.3 Å². The summed E-state index contributed by atoms with van der Waals surface area (Å²) in [5.41, 5.74) is 0.343. The molecule has 3 aliphatic heterocycles. The Labute approximate surface area is 154 Å². The maximum absolute atomic E-state index is 12.5. The third-order valence-corrected chi connectivity index (χ3v) is 5.75. The maximum Gasteiger partial charge on any atom is 0.255 e. The van der Waals surface area contributed by atoms with Gasteiger partial charge in [-0.3, -0.25) is 9.59 Å². The molecule has 0 radical (unpaired) electrons. The van der Waals surface area contributed by atoms with Crippen molar-refractivity contribution >= 4 is 17.5 Å². The van der Waals surface area contributed by atoms with E-state index < -0.39 is 5.66 Å². The summed E-state index contributed by atoms with van der Waals surface area (Å²) < 4.78 is 6.24. The minimum atomic E-state index is -0.554. The first-order valence-electron chi connectivity index (χ1n) is 9.35. The summed E-state index contributed by atoms with van der Waals surface area (Å²) in [5.74, 6) is 0.137. The molecule has 6 heteroatoms. The molecule has 0 saturated carbocycles. The Bertz CT molecular complexity index is 747. The van der Waals surface area contributed by atoms with Crippen molar-refractivity contribution in [2.24, 2.45) is 5.41 Å². The number of ether oxygens (including phenoxy) is 1. The molecule has 2 spiro atoms. The van der Waals surface area contributed by atoms with Gasteiger partial charge in [-0.2, -0.15) is 0 Å². The number of hydrogen-bond donors (Lipinski definition) is 2. The van der Waals surface area contributed by atoms with Gasteiger partial charge in [0, 0.05) is 30.6 Å². The predicted molar refractivity (Wildman–Crippen MR) is 98.8 cm³/mol. The SMILES string of the molecule is CC(C)(C)C(=O)N1CCC2(CC1)C[C@@]1(CO2)NC(=O)c2ccccc2N1. The number of likely N-dealkylation sites (tertiary alicyclic amines) is 1. The summed E-state index contributed by atoms with van der Waals surface area (Å²) in [6.07, 6.45) is 2.32. The van der Waals surface area contributed by atoms with Crippen molar-refractivity contribution in [2.45, 2.75) is 51.3 Å². The average molecular weight is 357 g/mol. The molecular formula is C20H27N3O3. The van der Waals surface area contributed by atoms with Gasteiger partial charge < -0.3 is 20.3 Å². The second-order valence-corrected chi connectivity index (χ2v) is 8.90. The molecule has 0 unspecified atom stereocenters. The lowest BCUT2D eigenvalue weighted by Crippen LogP contribution is -2.59. The molecule has 4 rings (SSSR count). The number of rotatable bonds is 0. The van der Waals surface area contributed by atoms with Crippen LogP contribution in [0.5, 0.6) is 0 Å². The molecule has 2 fully saturated rings. The number of carbonyl (C=O) groups excluding carboxylic acids is 2. The highest BCUT2D eigenvalue weighted by Gasteiger charge is 2.53. The van der Waals surface area contributed by atoms with Gasteiger partial charge in [-0.05, 0) is 25.0 Å². The Morgan fingerprint density at radius 1 is 1.15 bits per heavy atom. The van der Waals surface area contributed by atoms with Gasteiger partial charge in [0.05, 0.1) is 17.8 Å². The largest absolute Gasteiger partial charge is 0.370 e. The van der Waals surface area contributed by atoms with Crippen LogP contribution in [0.25, 0.3) is 0 Å². The van der Waals surface area contributed by atoms with Crippen LogP contribution in [0, 0.1) is 5.41 Å². The third-order valence-electron chi connectivity index (χ3n) is 5.75. The lowest BCUT2D eigenvalue weighted by molar-refractivity contribution is -0.144. The molecule has 1 atom stereocenters. The van der Waals surface area contributed by atoms with Gasteiger partial charge >= 0.3 is 0 Å². The fourth-order valence-electron chi connectivity index (χ4n) is 4.37. The molecule has 0 bridgehead atoms. The molecule has 2 N–H and O–H groups in total. The summed E-state index contributed by atoms with van der Waals surface area (Å²) in [6, 6.07) is 7.56. The Balaban J connectivity index is 1.47. The van der Waals surface area contributed by atoms with Gasteiger partial charge in [0.2, 0.25) is 5.91 Å². The molecule has 26 heavy (non-hydrogen) atoms. The highest BCUT2D eigenvalue weighted by atomic mass is 16.5. The van der Waals surface area contributed by atoms with Crippen LogP contribution < -0.4 is 10.6 Å². The van der Waals surface area contributed by atoms with Crippen molar-refractivity contribution in [3.05, 3.63) is 29.8 Å². The fourth-order valence-corrected chi connectivity index (χ4v) is 4.37. The maximum atomic E-state index is 12.5. The molecule has 3 heterocycles. The van der Waals surface area contributed by atoms with E-state index in [9.17, 15) is 9.59 Å². The number of piperidine rings is 1. The van der Waals surface area contributed by atoms with Gasteiger partial charge in [0.15, 0.2) is 0 Å². The molecule has 1 aromatic carbocycles. The molecule has 0 aromatic heterocycles. The van der Waals surface area contributed by atoms with Crippen molar-refractivity contribution in [2.75, 3.05) is 25.0 Å². The normalized spacial score (nSPS) is 27.2. The fraction of sp³-hybridized carbons (Fsp3) is 0.600. The lowest BCUT2D eigenvalue weighted by atomic mass is 9.83. The summed E-state index contributed by atoms with van der Waals surface area (Å²) >= 11 is 0. The molecular weight excluding hydrogens is 330 g/mol. The number of amides is 2. The quantitative estimate of drug-likeness (QED) is 0.748. The summed E-state index contributed by atoms with van der Waals surface area (Å²) in [7, 11) is 0. The number of nitrogens with one attached hydrogen (secondary N) is 2. The van der Waals surface area contributed by atoms with Crippen LogP contribution in [-0.4, -0.2) is 47.7 Å². The summed E-state index contributed by atoms with van der Waals surface area (Å²) in [5, 5.41) is 6.62. The van der Waals surface area contributed by atoms with Crippen LogP contribution >= 0.6 is 0 Å². The van der Waals surface area contributed by atoms with Gasteiger partial charge in [0.1, 0.15) is 5.66 Å². The first kappa shape index (κ1) is 17.3. The van der Waals surface area contributed by atoms with E-state index >= 15 is 0 Å². The first-order valence-corrected chi connectivity index (χ1v) is 9.35. The highest BCUT2D eigenvalue weighted by Crippen LogP contribution is 2.43. The predicted octanol–water partition coefficient (Wildman–Crippen LogP) is 2.37. The Hall–Kier alpha value is -2.08. The van der Waals surface area contributed by atoms with Crippen LogP contribution in [0.1, 0.15) is 50.4 Å². The minimum absolute atomic E-state index is 0.0552. The van der Waals surface area contributed by atoms with E-state index in [4.69, 9.17) is 4.74 Å². The van der Waals surface area contributed by atoms with Gasteiger partial charge in [-0.1, -0.05) is 32.9 Å². The average Bonchev–Trinajstić information content (AvgIpc) is 2.91. The van der Waals surface area contributed by atoms with E-state index in [0.717, 1.165) is 24.9 Å². The summed E-state index contributed by atoms with van der Waals surface area (Å²) in [4.78, 5) is 27.0. The van der Waals surface area contributed by atoms with Crippen molar-refractivity contribution in [3.63, 3.8) is 0 Å². The van der Waals surface area contributed by atoms with Gasteiger partial charge in [-0.15, -0.1) is 0 Å². The van der Waals surface area contributed by atoms with E-state index in [1.165, 1.54) is 0 Å². The van der Waals surface area contributed by atoms with E-state index in [1.807, 2.05) is 49.9 Å². The van der Waals surface area contributed by atoms with Gasteiger partial charge in [0.25, 0.3) is 5.91 Å². The summed E-state index contributed by atoms with van der Waals surface area (Å²) in [6.45, 7) is 7.73. The number of para-hydroxylation sites is 1. The number of fused-ring (bicyclic) bond motifs is 1. The van der Waals surface area contributed by atoms with E-state index in [1.54, 1.807) is 0 Å². The zero-order chi connectivity index (χ0) is 18.6. The highest BCUT2D eigenvalue weighted by molar-refractivity contribution is 6.02. The van der Waals surface area contributed by atoms with E-state index in [2.05, 4.69) is 10.6 Å². The topological polar surface area (TPSA) is 70.7 Å². The first-order chi connectivity index (χ1) is 12.2. The van der Waals surface area contributed by atoms with Crippen LogP contribution in [0.4, 0.5) is 5.69 Å². The van der Waals surface area contributed by atoms with Crippen molar-refractivity contribution in [1.82, 2.24) is 10.2 Å². The third kappa shape index (κ3) is 2.86. The van der Waals surface area contributed by atoms with Crippen LogP contribution in [0.2, 0.25) is 0 Å².